The Balaban J connectivity index is 1.60. The summed E-state index contributed by atoms with van der Waals surface area (Å²) in [5, 5.41) is 3.25. The topological polar surface area (TPSA) is 94.8 Å². The van der Waals surface area contributed by atoms with Gasteiger partial charge >= 0.3 is 17.7 Å². The van der Waals surface area contributed by atoms with Crippen LogP contribution in [0.15, 0.2) is 88.1 Å². The van der Waals surface area contributed by atoms with Crippen molar-refractivity contribution in [3.05, 3.63) is 112 Å². The third kappa shape index (κ3) is 7.09. The normalized spacial score (nSPS) is 11.6. The largest absolute Gasteiger partial charge is 0.445 e. The van der Waals surface area contributed by atoms with E-state index in [4.69, 9.17) is 13.9 Å². The summed E-state index contributed by atoms with van der Waals surface area (Å²) in [6, 6.07) is 22.6. The predicted molar refractivity (Wildman–Crippen MR) is 145 cm³/mol. The summed E-state index contributed by atoms with van der Waals surface area (Å²) in [6.45, 7) is 3.97. The number of hydrogen-bond donors (Lipinski definition) is 1. The third-order valence-corrected chi connectivity index (χ3v) is 6.12. The number of unbranched alkanes of at least 4 members (excludes halogenated alkanes) is 1. The fraction of sp³-hybridized carbons (Fsp3) is 0.258. The molecule has 1 aromatic heterocycles. The maximum atomic E-state index is 13.5. The number of amides is 1. The SMILES string of the molecule is CCCCc1cc(=O)oc2cc(C)cc(OC(=O)C(Cc3ccccc3)NC(=O)OCc3ccccc3)c12. The van der Waals surface area contributed by atoms with Crippen LogP contribution in [-0.4, -0.2) is 18.1 Å². The van der Waals surface area contributed by atoms with Gasteiger partial charge in [0.2, 0.25) is 0 Å². The highest BCUT2D eigenvalue weighted by Gasteiger charge is 2.26. The van der Waals surface area contributed by atoms with Crippen molar-refractivity contribution in [3.63, 3.8) is 0 Å². The number of hydrogen-bond acceptors (Lipinski definition) is 6. The zero-order valence-corrected chi connectivity index (χ0v) is 21.6. The fourth-order valence-corrected chi connectivity index (χ4v) is 4.24. The minimum absolute atomic E-state index is 0.0715. The molecule has 1 amide bonds. The molecule has 7 nitrogen and oxygen atoms in total. The van der Waals surface area contributed by atoms with Crippen LogP contribution in [0.1, 0.15) is 42.0 Å². The molecule has 1 unspecified atom stereocenters. The van der Waals surface area contributed by atoms with Gasteiger partial charge in [-0.1, -0.05) is 74.0 Å². The van der Waals surface area contributed by atoms with E-state index in [1.165, 1.54) is 6.07 Å². The fourth-order valence-electron chi connectivity index (χ4n) is 4.24. The Labute approximate surface area is 221 Å². The summed E-state index contributed by atoms with van der Waals surface area (Å²) in [7, 11) is 0. The maximum absolute atomic E-state index is 13.5. The first-order chi connectivity index (χ1) is 18.4. The lowest BCUT2D eigenvalue weighted by Gasteiger charge is -2.19. The molecular weight excluding hydrogens is 482 g/mol. The van der Waals surface area contributed by atoms with Gasteiger partial charge in [0.15, 0.2) is 0 Å². The van der Waals surface area contributed by atoms with Gasteiger partial charge in [-0.3, -0.25) is 0 Å². The molecule has 7 heteroatoms. The van der Waals surface area contributed by atoms with Crippen molar-refractivity contribution >= 4 is 23.0 Å². The highest BCUT2D eigenvalue weighted by molar-refractivity contribution is 5.91. The molecule has 0 bridgehead atoms. The minimum Gasteiger partial charge on any atom is -0.445 e. The Morgan fingerprint density at radius 2 is 1.63 bits per heavy atom. The number of carbonyl (C=O) groups excluding carboxylic acids is 2. The van der Waals surface area contributed by atoms with Crippen LogP contribution in [0.2, 0.25) is 0 Å². The van der Waals surface area contributed by atoms with Crippen LogP contribution in [0.4, 0.5) is 4.79 Å². The number of alkyl carbamates (subject to hydrolysis) is 1. The Morgan fingerprint density at radius 1 is 0.947 bits per heavy atom. The molecule has 0 radical (unpaired) electrons. The molecule has 38 heavy (non-hydrogen) atoms. The maximum Gasteiger partial charge on any atom is 0.408 e. The monoisotopic (exact) mass is 513 g/mol. The highest BCUT2D eigenvalue weighted by atomic mass is 16.6. The van der Waals surface area contributed by atoms with Gasteiger partial charge in [0, 0.05) is 12.5 Å². The first kappa shape index (κ1) is 26.7. The number of benzene rings is 3. The van der Waals surface area contributed by atoms with Crippen molar-refractivity contribution in [1.82, 2.24) is 5.32 Å². The number of rotatable bonds is 10. The van der Waals surface area contributed by atoms with Crippen molar-refractivity contribution in [3.8, 4) is 5.75 Å². The number of nitrogens with one attached hydrogen (secondary N) is 1. The molecule has 1 heterocycles. The van der Waals surface area contributed by atoms with E-state index in [2.05, 4.69) is 12.2 Å². The van der Waals surface area contributed by atoms with Crippen LogP contribution >= 0.6 is 0 Å². The van der Waals surface area contributed by atoms with Crippen LogP contribution in [0.3, 0.4) is 0 Å². The van der Waals surface area contributed by atoms with Crippen LogP contribution in [0, 0.1) is 6.92 Å². The predicted octanol–water partition coefficient (Wildman–Crippen LogP) is 5.89. The van der Waals surface area contributed by atoms with Crippen molar-refractivity contribution in [2.45, 2.75) is 52.2 Å². The number of fused-ring (bicyclic) bond motifs is 1. The molecule has 4 aromatic rings. The standard InChI is InChI=1S/C31H31NO6/c1-3-4-15-24-19-28(33)37-26-16-21(2)17-27(29(24)26)38-30(34)25(18-22-11-7-5-8-12-22)32-31(35)36-20-23-13-9-6-10-14-23/h5-14,16-17,19,25H,3-4,15,18,20H2,1-2H3,(H,32,35). The van der Waals surface area contributed by atoms with Crippen molar-refractivity contribution in [2.75, 3.05) is 0 Å². The number of carbonyl (C=O) groups is 2. The van der Waals surface area contributed by atoms with E-state index in [1.807, 2.05) is 67.6 Å². The number of esters is 1. The van der Waals surface area contributed by atoms with E-state index in [1.54, 1.807) is 12.1 Å². The summed E-state index contributed by atoms with van der Waals surface area (Å²) in [5.41, 5.74) is 3.12. The van der Waals surface area contributed by atoms with Crippen LogP contribution in [0.25, 0.3) is 11.0 Å². The first-order valence-electron chi connectivity index (χ1n) is 12.7. The molecule has 0 saturated heterocycles. The lowest BCUT2D eigenvalue weighted by Crippen LogP contribution is -2.44. The Hall–Kier alpha value is -4.39. The quantitative estimate of drug-likeness (QED) is 0.161. The second kappa shape index (κ2) is 12.7. The Morgan fingerprint density at radius 3 is 2.32 bits per heavy atom. The van der Waals surface area contributed by atoms with E-state index >= 15 is 0 Å². The first-order valence-corrected chi connectivity index (χ1v) is 12.7. The van der Waals surface area contributed by atoms with Crippen LogP contribution < -0.4 is 15.7 Å². The van der Waals surface area contributed by atoms with Gasteiger partial charge in [0.1, 0.15) is 24.0 Å². The van der Waals surface area contributed by atoms with Gasteiger partial charge in [0.05, 0.1) is 5.39 Å². The molecule has 196 valence electrons. The van der Waals surface area contributed by atoms with Gasteiger partial charge in [-0.15, -0.1) is 0 Å². The summed E-state index contributed by atoms with van der Waals surface area (Å²) in [6.07, 6.45) is 1.93. The molecule has 0 saturated carbocycles. The molecule has 1 atom stereocenters. The van der Waals surface area contributed by atoms with E-state index < -0.39 is 23.7 Å². The van der Waals surface area contributed by atoms with Crippen molar-refractivity contribution < 1.29 is 23.5 Å². The van der Waals surface area contributed by atoms with E-state index in [9.17, 15) is 14.4 Å². The summed E-state index contributed by atoms with van der Waals surface area (Å²) in [4.78, 5) is 38.3. The Kier molecular flexibility index (Phi) is 8.93. The minimum atomic E-state index is -1.01. The molecule has 1 N–H and O–H groups in total. The van der Waals surface area contributed by atoms with Crippen LogP contribution in [-0.2, 0) is 29.0 Å². The third-order valence-electron chi connectivity index (χ3n) is 6.12. The van der Waals surface area contributed by atoms with Gasteiger partial charge in [-0.05, 0) is 54.2 Å². The average Bonchev–Trinajstić information content (AvgIpc) is 2.91. The van der Waals surface area contributed by atoms with Crippen molar-refractivity contribution in [1.29, 1.82) is 0 Å². The average molecular weight is 514 g/mol. The smallest absolute Gasteiger partial charge is 0.408 e. The van der Waals surface area contributed by atoms with Gasteiger partial charge in [0.25, 0.3) is 0 Å². The second-order valence-corrected chi connectivity index (χ2v) is 9.20. The Bertz CT molecular complexity index is 1450. The van der Waals surface area contributed by atoms with Crippen LogP contribution in [0.5, 0.6) is 5.75 Å². The zero-order chi connectivity index (χ0) is 26.9. The molecule has 0 aliphatic heterocycles. The zero-order valence-electron chi connectivity index (χ0n) is 21.6. The second-order valence-electron chi connectivity index (χ2n) is 9.20. The molecule has 0 aliphatic rings. The van der Waals surface area contributed by atoms with E-state index in [0.717, 1.165) is 35.1 Å². The highest BCUT2D eigenvalue weighted by Crippen LogP contribution is 2.31. The molecule has 4 rings (SSSR count). The van der Waals surface area contributed by atoms with E-state index in [0.29, 0.717) is 17.4 Å². The molecular formula is C31H31NO6. The molecule has 0 fully saturated rings. The summed E-state index contributed by atoms with van der Waals surface area (Å²) < 4.78 is 16.7. The van der Waals surface area contributed by atoms with Gasteiger partial charge in [-0.2, -0.15) is 0 Å². The molecule has 0 aliphatic carbocycles. The number of aryl methyl sites for hydroxylation is 2. The van der Waals surface area contributed by atoms with Gasteiger partial charge < -0.3 is 19.2 Å². The van der Waals surface area contributed by atoms with Gasteiger partial charge in [-0.25, -0.2) is 14.4 Å². The van der Waals surface area contributed by atoms with Crippen molar-refractivity contribution in [2.24, 2.45) is 0 Å². The lowest BCUT2D eigenvalue weighted by atomic mass is 10.0. The molecule has 0 spiro atoms. The lowest BCUT2D eigenvalue weighted by molar-refractivity contribution is -0.136. The summed E-state index contributed by atoms with van der Waals surface area (Å²) in [5.74, 6) is -0.359. The summed E-state index contributed by atoms with van der Waals surface area (Å²) >= 11 is 0. The molecule has 3 aromatic carbocycles. The van der Waals surface area contributed by atoms with E-state index in [-0.39, 0.29) is 18.8 Å². The number of ether oxygens (including phenoxy) is 2.